The Balaban J connectivity index is 1.55. The molecule has 1 aromatic heterocycles. The molecule has 0 spiro atoms. The standard InChI is InChI=1S/C16H23N3O3S2/c1-16(2)14(21)19(15(22)18-16)8-3-6-13(20)17-7-10-23-11-12-5-4-9-24-12/h4-5,9H,3,6-8,10-11H2,1-2H3,(H,17,20)(H,18,22). The van der Waals surface area contributed by atoms with Gasteiger partial charge in [0.25, 0.3) is 5.91 Å². The summed E-state index contributed by atoms with van der Waals surface area (Å²) < 4.78 is 0. The predicted molar refractivity (Wildman–Crippen MR) is 97.0 cm³/mol. The molecule has 2 N–H and O–H groups in total. The van der Waals surface area contributed by atoms with Crippen LogP contribution in [-0.2, 0) is 15.3 Å². The molecule has 0 unspecified atom stereocenters. The van der Waals surface area contributed by atoms with Crippen LogP contribution in [0.25, 0.3) is 0 Å². The van der Waals surface area contributed by atoms with E-state index in [2.05, 4.69) is 22.1 Å². The van der Waals surface area contributed by atoms with Crippen LogP contribution >= 0.6 is 23.1 Å². The second kappa shape index (κ2) is 8.53. The molecule has 1 saturated heterocycles. The SMILES string of the molecule is CC1(C)NC(=O)N(CCCC(=O)NCCSCc2cccs2)C1=O. The molecule has 0 saturated carbocycles. The van der Waals surface area contributed by atoms with Crippen molar-refractivity contribution in [1.29, 1.82) is 0 Å². The normalized spacial score (nSPS) is 16.3. The topological polar surface area (TPSA) is 78.5 Å². The van der Waals surface area contributed by atoms with Crippen molar-refractivity contribution in [3.05, 3.63) is 22.4 Å². The lowest BCUT2D eigenvalue weighted by Gasteiger charge is -2.15. The van der Waals surface area contributed by atoms with Gasteiger partial charge in [0.15, 0.2) is 0 Å². The Hall–Kier alpha value is -1.54. The van der Waals surface area contributed by atoms with Crippen molar-refractivity contribution in [3.63, 3.8) is 0 Å². The number of amides is 4. The van der Waals surface area contributed by atoms with Gasteiger partial charge >= 0.3 is 6.03 Å². The van der Waals surface area contributed by atoms with E-state index in [0.717, 1.165) is 11.5 Å². The summed E-state index contributed by atoms with van der Waals surface area (Å²) in [5, 5.41) is 7.55. The Morgan fingerprint density at radius 1 is 1.42 bits per heavy atom. The largest absolute Gasteiger partial charge is 0.355 e. The Kier molecular flexibility index (Phi) is 6.68. The average molecular weight is 370 g/mol. The highest BCUT2D eigenvalue weighted by atomic mass is 32.2. The summed E-state index contributed by atoms with van der Waals surface area (Å²) in [6, 6.07) is 3.76. The van der Waals surface area contributed by atoms with Gasteiger partial charge in [-0.1, -0.05) is 6.07 Å². The van der Waals surface area contributed by atoms with Crippen LogP contribution in [0.1, 0.15) is 31.6 Å². The zero-order valence-electron chi connectivity index (χ0n) is 14.0. The lowest BCUT2D eigenvalue weighted by molar-refractivity contribution is -0.130. The van der Waals surface area contributed by atoms with E-state index in [-0.39, 0.29) is 24.4 Å². The van der Waals surface area contributed by atoms with Gasteiger partial charge < -0.3 is 10.6 Å². The molecule has 6 nitrogen and oxygen atoms in total. The Morgan fingerprint density at radius 2 is 2.21 bits per heavy atom. The molecular formula is C16H23N3O3S2. The van der Waals surface area contributed by atoms with E-state index in [1.807, 2.05) is 6.07 Å². The van der Waals surface area contributed by atoms with Crippen molar-refractivity contribution >= 4 is 40.9 Å². The van der Waals surface area contributed by atoms with Crippen molar-refractivity contribution in [1.82, 2.24) is 15.5 Å². The van der Waals surface area contributed by atoms with Crippen molar-refractivity contribution < 1.29 is 14.4 Å². The molecule has 0 bridgehead atoms. The van der Waals surface area contributed by atoms with Gasteiger partial charge in [0, 0.05) is 35.9 Å². The first-order valence-electron chi connectivity index (χ1n) is 7.91. The first-order chi connectivity index (χ1) is 11.4. The molecule has 1 aromatic rings. The number of imide groups is 1. The fraction of sp³-hybridized carbons (Fsp3) is 0.562. The number of urea groups is 1. The maximum atomic E-state index is 12.0. The number of thioether (sulfide) groups is 1. The minimum atomic E-state index is -0.848. The first-order valence-corrected chi connectivity index (χ1v) is 9.94. The summed E-state index contributed by atoms with van der Waals surface area (Å²) in [4.78, 5) is 38.0. The van der Waals surface area contributed by atoms with Gasteiger partial charge in [0.1, 0.15) is 5.54 Å². The Morgan fingerprint density at radius 3 is 2.83 bits per heavy atom. The number of hydrogen-bond donors (Lipinski definition) is 2. The summed E-state index contributed by atoms with van der Waals surface area (Å²) in [5.74, 6) is 1.55. The molecule has 0 atom stereocenters. The number of hydrogen-bond acceptors (Lipinski definition) is 5. The summed E-state index contributed by atoms with van der Waals surface area (Å²) in [5.41, 5.74) is -0.848. The lowest BCUT2D eigenvalue weighted by atomic mass is 10.1. The molecule has 1 aliphatic heterocycles. The van der Waals surface area contributed by atoms with Crippen LogP contribution in [0.3, 0.4) is 0 Å². The summed E-state index contributed by atoms with van der Waals surface area (Å²) >= 11 is 3.52. The maximum Gasteiger partial charge on any atom is 0.325 e. The summed E-state index contributed by atoms with van der Waals surface area (Å²) in [6.45, 7) is 4.25. The number of thiophene rings is 1. The van der Waals surface area contributed by atoms with Crippen LogP contribution in [-0.4, -0.2) is 47.1 Å². The molecule has 2 rings (SSSR count). The molecule has 0 aliphatic carbocycles. The van der Waals surface area contributed by atoms with E-state index in [9.17, 15) is 14.4 Å². The monoisotopic (exact) mass is 369 g/mol. The minimum absolute atomic E-state index is 0.0435. The zero-order chi connectivity index (χ0) is 17.6. The summed E-state index contributed by atoms with van der Waals surface area (Å²) in [6.07, 6.45) is 0.788. The van der Waals surface area contributed by atoms with Crippen molar-refractivity contribution in [2.24, 2.45) is 0 Å². The molecule has 2 heterocycles. The van der Waals surface area contributed by atoms with Gasteiger partial charge in [-0.3, -0.25) is 14.5 Å². The van der Waals surface area contributed by atoms with Crippen molar-refractivity contribution in [2.45, 2.75) is 38.0 Å². The molecular weight excluding hydrogens is 346 g/mol. The van der Waals surface area contributed by atoms with Gasteiger partial charge in [-0.2, -0.15) is 11.8 Å². The molecule has 132 valence electrons. The Bertz CT molecular complexity index is 587. The van der Waals surface area contributed by atoms with Gasteiger partial charge in [0.2, 0.25) is 5.91 Å². The minimum Gasteiger partial charge on any atom is -0.355 e. The van der Waals surface area contributed by atoms with Crippen LogP contribution in [0.15, 0.2) is 17.5 Å². The zero-order valence-corrected chi connectivity index (χ0v) is 15.6. The van der Waals surface area contributed by atoms with E-state index >= 15 is 0 Å². The quantitative estimate of drug-likeness (QED) is 0.517. The highest BCUT2D eigenvalue weighted by Gasteiger charge is 2.43. The van der Waals surface area contributed by atoms with Crippen LogP contribution < -0.4 is 10.6 Å². The number of carbonyl (C=O) groups is 3. The van der Waals surface area contributed by atoms with Crippen LogP contribution in [0.2, 0.25) is 0 Å². The molecule has 4 amide bonds. The van der Waals surface area contributed by atoms with Crippen LogP contribution in [0, 0.1) is 0 Å². The average Bonchev–Trinajstić information content (AvgIpc) is 3.09. The van der Waals surface area contributed by atoms with Gasteiger partial charge in [-0.15, -0.1) is 11.3 Å². The third kappa shape index (κ3) is 5.24. The van der Waals surface area contributed by atoms with Gasteiger partial charge in [-0.25, -0.2) is 4.79 Å². The Labute approximate surface area is 150 Å². The van der Waals surface area contributed by atoms with Crippen molar-refractivity contribution in [3.8, 4) is 0 Å². The van der Waals surface area contributed by atoms with Gasteiger partial charge in [0.05, 0.1) is 0 Å². The van der Waals surface area contributed by atoms with Crippen molar-refractivity contribution in [2.75, 3.05) is 18.8 Å². The van der Waals surface area contributed by atoms with E-state index in [0.29, 0.717) is 19.4 Å². The van der Waals surface area contributed by atoms with Crippen LogP contribution in [0.4, 0.5) is 4.79 Å². The fourth-order valence-corrected chi connectivity index (χ4v) is 4.04. The van der Waals surface area contributed by atoms with Crippen LogP contribution in [0.5, 0.6) is 0 Å². The second-order valence-corrected chi connectivity index (χ2v) is 8.23. The summed E-state index contributed by atoms with van der Waals surface area (Å²) in [7, 11) is 0. The highest BCUT2D eigenvalue weighted by Crippen LogP contribution is 2.17. The third-order valence-electron chi connectivity index (χ3n) is 3.62. The van der Waals surface area contributed by atoms with E-state index in [1.54, 1.807) is 36.9 Å². The van der Waals surface area contributed by atoms with E-state index in [4.69, 9.17) is 0 Å². The second-order valence-electron chi connectivity index (χ2n) is 6.10. The van der Waals surface area contributed by atoms with E-state index in [1.165, 1.54) is 9.78 Å². The highest BCUT2D eigenvalue weighted by molar-refractivity contribution is 7.98. The number of carbonyl (C=O) groups excluding carboxylic acids is 3. The number of nitrogens with zero attached hydrogens (tertiary/aromatic N) is 1. The van der Waals surface area contributed by atoms with Gasteiger partial charge in [-0.05, 0) is 31.7 Å². The third-order valence-corrected chi connectivity index (χ3v) is 5.69. The first kappa shape index (κ1) is 18.8. The predicted octanol–water partition coefficient (Wildman–Crippen LogP) is 2.21. The fourth-order valence-electron chi connectivity index (χ4n) is 2.34. The van der Waals surface area contributed by atoms with E-state index < -0.39 is 5.54 Å². The molecule has 24 heavy (non-hydrogen) atoms. The lowest BCUT2D eigenvalue weighted by Crippen LogP contribution is -2.40. The number of rotatable bonds is 9. The molecule has 1 fully saturated rings. The maximum absolute atomic E-state index is 12.0. The smallest absolute Gasteiger partial charge is 0.325 e. The molecule has 0 radical (unpaired) electrons. The number of nitrogens with one attached hydrogen (secondary N) is 2. The molecule has 8 heteroatoms. The molecule has 0 aromatic carbocycles. The molecule has 1 aliphatic rings.